The Morgan fingerprint density at radius 2 is 2.20 bits per heavy atom. The van der Waals surface area contributed by atoms with Gasteiger partial charge in [-0.15, -0.1) is 0 Å². The molecule has 112 valence electrons. The zero-order valence-electron chi connectivity index (χ0n) is 12.2. The second-order valence-corrected chi connectivity index (χ2v) is 5.06. The van der Waals surface area contributed by atoms with Crippen LogP contribution in [0.25, 0.3) is 0 Å². The van der Waals surface area contributed by atoms with E-state index in [4.69, 9.17) is 9.47 Å². The van der Waals surface area contributed by atoms with Crippen molar-refractivity contribution in [3.8, 4) is 5.75 Å². The molecule has 0 amide bonds. The van der Waals surface area contributed by atoms with E-state index in [2.05, 4.69) is 10.2 Å². The quantitative estimate of drug-likeness (QED) is 0.896. The topological polar surface area (TPSA) is 33.7 Å². The van der Waals surface area contributed by atoms with Gasteiger partial charge in [0.2, 0.25) is 0 Å². The van der Waals surface area contributed by atoms with E-state index in [1.807, 2.05) is 6.92 Å². The lowest BCUT2D eigenvalue weighted by molar-refractivity contribution is 0.0718. The number of halogens is 1. The van der Waals surface area contributed by atoms with E-state index in [1.54, 1.807) is 19.2 Å². The van der Waals surface area contributed by atoms with Gasteiger partial charge in [0.1, 0.15) is 18.2 Å². The van der Waals surface area contributed by atoms with Crippen LogP contribution in [0.1, 0.15) is 13.3 Å². The zero-order chi connectivity index (χ0) is 14.4. The standard InChI is InChI=1S/C15H23FN2O2/c1-12(19-2)11-20-15-5-4-13(16)10-14(15)18-8-3-6-17-7-9-18/h4-5,10,12,17H,3,6-9,11H2,1-2H3. The first-order valence-corrected chi connectivity index (χ1v) is 7.11. The van der Waals surface area contributed by atoms with Crippen LogP contribution in [0.3, 0.4) is 0 Å². The van der Waals surface area contributed by atoms with Crippen LogP contribution < -0.4 is 15.0 Å². The van der Waals surface area contributed by atoms with Crippen molar-refractivity contribution in [2.24, 2.45) is 0 Å². The van der Waals surface area contributed by atoms with Gasteiger partial charge in [0.05, 0.1) is 11.8 Å². The van der Waals surface area contributed by atoms with Crippen LogP contribution in [0.5, 0.6) is 5.75 Å². The second-order valence-electron chi connectivity index (χ2n) is 5.06. The number of nitrogens with zero attached hydrogens (tertiary/aromatic N) is 1. The molecule has 1 aliphatic heterocycles. The fourth-order valence-corrected chi connectivity index (χ4v) is 2.22. The number of hydrogen-bond acceptors (Lipinski definition) is 4. The fraction of sp³-hybridized carbons (Fsp3) is 0.600. The fourth-order valence-electron chi connectivity index (χ4n) is 2.22. The van der Waals surface area contributed by atoms with Crippen molar-refractivity contribution in [2.45, 2.75) is 19.4 Å². The molecule has 1 unspecified atom stereocenters. The van der Waals surface area contributed by atoms with Crippen LogP contribution in [0.4, 0.5) is 10.1 Å². The highest BCUT2D eigenvalue weighted by atomic mass is 19.1. The monoisotopic (exact) mass is 282 g/mol. The molecule has 1 aliphatic rings. The molecule has 4 nitrogen and oxygen atoms in total. The third-order valence-corrected chi connectivity index (χ3v) is 3.48. The molecular formula is C15H23FN2O2. The molecule has 0 saturated carbocycles. The Kier molecular flexibility index (Phi) is 5.61. The number of benzene rings is 1. The molecule has 1 heterocycles. The molecule has 1 fully saturated rings. The highest BCUT2D eigenvalue weighted by Gasteiger charge is 2.16. The smallest absolute Gasteiger partial charge is 0.142 e. The average Bonchev–Trinajstić information content (AvgIpc) is 2.74. The molecular weight excluding hydrogens is 259 g/mol. The molecule has 1 atom stereocenters. The van der Waals surface area contributed by atoms with Crippen LogP contribution >= 0.6 is 0 Å². The van der Waals surface area contributed by atoms with E-state index in [0.717, 1.165) is 44.0 Å². The van der Waals surface area contributed by atoms with E-state index >= 15 is 0 Å². The molecule has 20 heavy (non-hydrogen) atoms. The van der Waals surface area contributed by atoms with Gasteiger partial charge in [-0.3, -0.25) is 0 Å². The van der Waals surface area contributed by atoms with E-state index in [-0.39, 0.29) is 11.9 Å². The van der Waals surface area contributed by atoms with Gasteiger partial charge >= 0.3 is 0 Å². The minimum atomic E-state index is -0.232. The van der Waals surface area contributed by atoms with E-state index in [1.165, 1.54) is 6.07 Å². The molecule has 1 aromatic rings. The zero-order valence-corrected chi connectivity index (χ0v) is 12.2. The Balaban J connectivity index is 2.13. The van der Waals surface area contributed by atoms with Crippen molar-refractivity contribution in [3.05, 3.63) is 24.0 Å². The summed E-state index contributed by atoms with van der Waals surface area (Å²) in [6.45, 7) is 6.08. The normalized spacial score (nSPS) is 17.6. The SMILES string of the molecule is COC(C)COc1ccc(F)cc1N1CCCNCC1. The van der Waals surface area contributed by atoms with E-state index in [0.29, 0.717) is 6.61 Å². The van der Waals surface area contributed by atoms with Gasteiger partial charge < -0.3 is 19.7 Å². The van der Waals surface area contributed by atoms with E-state index < -0.39 is 0 Å². The largest absolute Gasteiger partial charge is 0.489 e. The Morgan fingerprint density at radius 1 is 1.35 bits per heavy atom. The van der Waals surface area contributed by atoms with Gasteiger partial charge in [0.15, 0.2) is 0 Å². The molecule has 5 heteroatoms. The van der Waals surface area contributed by atoms with Crippen LogP contribution in [0.2, 0.25) is 0 Å². The minimum Gasteiger partial charge on any atom is -0.489 e. The summed E-state index contributed by atoms with van der Waals surface area (Å²) in [5, 5.41) is 3.34. The molecule has 1 N–H and O–H groups in total. The molecule has 1 saturated heterocycles. The molecule has 2 rings (SSSR count). The number of rotatable bonds is 5. The second kappa shape index (κ2) is 7.45. The summed E-state index contributed by atoms with van der Waals surface area (Å²) in [5.74, 6) is 0.488. The van der Waals surface area contributed by atoms with Crippen molar-refractivity contribution in [3.63, 3.8) is 0 Å². The molecule has 0 aliphatic carbocycles. The lowest BCUT2D eigenvalue weighted by Crippen LogP contribution is -2.28. The van der Waals surface area contributed by atoms with Crippen molar-refractivity contribution in [1.29, 1.82) is 0 Å². The highest BCUT2D eigenvalue weighted by Crippen LogP contribution is 2.30. The number of hydrogen-bond donors (Lipinski definition) is 1. The van der Waals surface area contributed by atoms with Crippen molar-refractivity contribution in [1.82, 2.24) is 5.32 Å². The minimum absolute atomic E-state index is 0.0127. The van der Waals surface area contributed by atoms with Gasteiger partial charge in [-0.1, -0.05) is 0 Å². The maximum absolute atomic E-state index is 13.5. The number of anilines is 1. The molecule has 0 bridgehead atoms. The molecule has 0 radical (unpaired) electrons. The third-order valence-electron chi connectivity index (χ3n) is 3.48. The first kappa shape index (κ1) is 15.1. The summed E-state index contributed by atoms with van der Waals surface area (Å²) in [6, 6.07) is 4.69. The van der Waals surface area contributed by atoms with Gasteiger partial charge in [0.25, 0.3) is 0 Å². The Hall–Kier alpha value is -1.33. The Morgan fingerprint density at radius 3 is 3.00 bits per heavy atom. The van der Waals surface area contributed by atoms with Crippen LogP contribution in [-0.2, 0) is 4.74 Å². The number of nitrogens with one attached hydrogen (secondary N) is 1. The summed E-state index contributed by atoms with van der Waals surface area (Å²) >= 11 is 0. The van der Waals surface area contributed by atoms with E-state index in [9.17, 15) is 4.39 Å². The number of ether oxygens (including phenoxy) is 2. The van der Waals surface area contributed by atoms with Crippen LogP contribution in [0.15, 0.2) is 18.2 Å². The molecule has 0 aromatic heterocycles. The first-order chi connectivity index (χ1) is 9.70. The maximum Gasteiger partial charge on any atom is 0.142 e. The van der Waals surface area contributed by atoms with Crippen LogP contribution in [-0.4, -0.2) is 46.0 Å². The van der Waals surface area contributed by atoms with Crippen molar-refractivity contribution < 1.29 is 13.9 Å². The van der Waals surface area contributed by atoms with Gasteiger partial charge in [-0.25, -0.2) is 4.39 Å². The molecule has 0 spiro atoms. The van der Waals surface area contributed by atoms with Crippen molar-refractivity contribution >= 4 is 5.69 Å². The lowest BCUT2D eigenvalue weighted by Gasteiger charge is -2.25. The summed E-state index contributed by atoms with van der Waals surface area (Å²) in [5.41, 5.74) is 0.831. The maximum atomic E-state index is 13.5. The summed E-state index contributed by atoms with van der Waals surface area (Å²) < 4.78 is 24.5. The first-order valence-electron chi connectivity index (χ1n) is 7.11. The Bertz CT molecular complexity index is 420. The predicted octanol–water partition coefficient (Wildman–Crippen LogP) is 2.04. The predicted molar refractivity (Wildman–Crippen MR) is 78.1 cm³/mol. The third kappa shape index (κ3) is 4.08. The average molecular weight is 282 g/mol. The van der Waals surface area contributed by atoms with Crippen LogP contribution in [0, 0.1) is 5.82 Å². The Labute approximate surface area is 119 Å². The summed E-state index contributed by atoms with van der Waals surface area (Å²) in [4.78, 5) is 2.18. The number of methoxy groups -OCH3 is 1. The lowest BCUT2D eigenvalue weighted by atomic mass is 10.2. The summed E-state index contributed by atoms with van der Waals surface area (Å²) in [7, 11) is 1.65. The highest BCUT2D eigenvalue weighted by molar-refractivity contribution is 5.58. The van der Waals surface area contributed by atoms with Gasteiger partial charge in [0, 0.05) is 32.8 Å². The molecule has 1 aromatic carbocycles. The van der Waals surface area contributed by atoms with Crippen molar-refractivity contribution in [2.75, 3.05) is 44.8 Å². The summed E-state index contributed by atoms with van der Waals surface area (Å²) in [6.07, 6.45) is 1.06. The van der Waals surface area contributed by atoms with Gasteiger partial charge in [-0.05, 0) is 32.0 Å². The van der Waals surface area contributed by atoms with Gasteiger partial charge in [-0.2, -0.15) is 0 Å².